The molecule has 0 radical (unpaired) electrons. The monoisotopic (exact) mass is 605 g/mol. The van der Waals surface area contributed by atoms with Gasteiger partial charge in [-0.25, -0.2) is 4.79 Å². The Bertz CT molecular complexity index is 1210. The number of aryl methyl sites for hydroxylation is 2. The molecule has 1 fully saturated rings. The third-order valence-corrected chi connectivity index (χ3v) is 8.46. The Morgan fingerprint density at radius 1 is 0.886 bits per heavy atom. The molecule has 3 atom stereocenters. The van der Waals surface area contributed by atoms with Gasteiger partial charge in [-0.1, -0.05) is 81.6 Å². The number of nitrogens with zero attached hydrogens (tertiary/aromatic N) is 1. The maximum absolute atomic E-state index is 14.9. The van der Waals surface area contributed by atoms with Crippen LogP contribution in [0, 0.1) is 19.8 Å². The molecule has 242 valence electrons. The van der Waals surface area contributed by atoms with Crippen LogP contribution in [0.3, 0.4) is 0 Å². The number of alkyl carbamates (subject to hydrolysis) is 1. The predicted octanol–water partition coefficient (Wildman–Crippen LogP) is 7.58. The topological polar surface area (TPSA) is 87.7 Å². The highest BCUT2D eigenvalue weighted by molar-refractivity contribution is 5.93. The van der Waals surface area contributed by atoms with E-state index in [1.165, 1.54) is 6.42 Å². The molecule has 0 saturated heterocycles. The standard InChI is InChI=1S/C37H55N3O4/c1-25(2)22-23-28(5)40(35(42)31(24-29-18-11-9-12-19-29)39-36(43)44-37(6,7)8)33(32-26(3)16-15-17-27(32)4)34(41)38-30-20-13-10-14-21-30/h9,11-12,15-19,25,28,30-31,33H,10,13-14,20-24H2,1-8H3,(H,38,41)(H,39,43). The molecule has 0 spiro atoms. The van der Waals surface area contributed by atoms with Crippen molar-refractivity contribution in [3.05, 3.63) is 70.8 Å². The molecule has 1 aliphatic rings. The quantitative estimate of drug-likeness (QED) is 0.261. The van der Waals surface area contributed by atoms with Gasteiger partial charge in [0.15, 0.2) is 0 Å². The maximum Gasteiger partial charge on any atom is 0.408 e. The van der Waals surface area contributed by atoms with E-state index in [4.69, 9.17) is 4.74 Å². The van der Waals surface area contributed by atoms with Crippen LogP contribution in [0.1, 0.15) is 115 Å². The van der Waals surface area contributed by atoms with E-state index < -0.39 is 23.8 Å². The fourth-order valence-corrected chi connectivity index (χ4v) is 6.17. The zero-order valence-electron chi connectivity index (χ0n) is 28.2. The molecule has 0 aliphatic heterocycles. The average molecular weight is 606 g/mol. The van der Waals surface area contributed by atoms with Crippen molar-refractivity contribution in [1.82, 2.24) is 15.5 Å². The first-order valence-corrected chi connectivity index (χ1v) is 16.5. The van der Waals surface area contributed by atoms with E-state index in [1.807, 2.05) is 69.3 Å². The van der Waals surface area contributed by atoms with E-state index in [-0.39, 0.29) is 30.3 Å². The highest BCUT2D eigenvalue weighted by atomic mass is 16.6. The third kappa shape index (κ3) is 10.4. The third-order valence-electron chi connectivity index (χ3n) is 8.46. The summed E-state index contributed by atoms with van der Waals surface area (Å²) in [7, 11) is 0. The number of amides is 3. The molecule has 3 amide bonds. The van der Waals surface area contributed by atoms with E-state index in [0.717, 1.165) is 60.8 Å². The summed E-state index contributed by atoms with van der Waals surface area (Å²) < 4.78 is 5.61. The Hall–Kier alpha value is -3.35. The number of carbonyl (C=O) groups excluding carboxylic acids is 3. The minimum atomic E-state index is -0.928. The number of hydrogen-bond donors (Lipinski definition) is 2. The van der Waals surface area contributed by atoms with Crippen LogP contribution in [0.15, 0.2) is 48.5 Å². The molecule has 3 unspecified atom stereocenters. The van der Waals surface area contributed by atoms with Crippen LogP contribution in [0.5, 0.6) is 0 Å². The lowest BCUT2D eigenvalue weighted by Crippen LogP contribution is -2.57. The zero-order chi connectivity index (χ0) is 32.4. The second-order valence-corrected chi connectivity index (χ2v) is 14.0. The second kappa shape index (κ2) is 16.1. The van der Waals surface area contributed by atoms with Crippen LogP contribution in [0.2, 0.25) is 0 Å². The Morgan fingerprint density at radius 2 is 1.50 bits per heavy atom. The molecule has 7 heteroatoms. The van der Waals surface area contributed by atoms with E-state index >= 15 is 0 Å². The van der Waals surface area contributed by atoms with Gasteiger partial charge in [0.25, 0.3) is 0 Å². The lowest BCUT2D eigenvalue weighted by atomic mass is 9.90. The molecule has 3 rings (SSSR count). The summed E-state index contributed by atoms with van der Waals surface area (Å²) in [6, 6.07) is 13.7. The van der Waals surface area contributed by atoms with Crippen LogP contribution in [-0.4, -0.2) is 46.5 Å². The van der Waals surface area contributed by atoms with E-state index in [9.17, 15) is 14.4 Å². The molecule has 0 aromatic heterocycles. The van der Waals surface area contributed by atoms with Crippen molar-refractivity contribution in [3.63, 3.8) is 0 Å². The minimum Gasteiger partial charge on any atom is -0.444 e. The summed E-state index contributed by atoms with van der Waals surface area (Å²) in [4.78, 5) is 44.3. The van der Waals surface area contributed by atoms with Gasteiger partial charge in [0.1, 0.15) is 17.7 Å². The number of nitrogens with one attached hydrogen (secondary N) is 2. The SMILES string of the molecule is Cc1cccc(C)c1C(C(=O)NC1CCCCC1)N(C(=O)C(Cc1ccccc1)NC(=O)OC(C)(C)C)C(C)CCC(C)C. The van der Waals surface area contributed by atoms with Gasteiger partial charge in [0.05, 0.1) is 0 Å². The smallest absolute Gasteiger partial charge is 0.408 e. The summed E-state index contributed by atoms with van der Waals surface area (Å²) in [5, 5.41) is 6.24. The lowest BCUT2D eigenvalue weighted by molar-refractivity contribution is -0.145. The van der Waals surface area contributed by atoms with Crippen molar-refractivity contribution in [2.75, 3.05) is 0 Å². The van der Waals surface area contributed by atoms with Crippen LogP contribution in [0.25, 0.3) is 0 Å². The number of rotatable bonds is 12. The minimum absolute atomic E-state index is 0.0889. The molecule has 0 heterocycles. The molecule has 0 bridgehead atoms. The van der Waals surface area contributed by atoms with Gasteiger partial charge in [0.2, 0.25) is 11.8 Å². The molecule has 2 aromatic carbocycles. The van der Waals surface area contributed by atoms with Crippen molar-refractivity contribution in [3.8, 4) is 0 Å². The van der Waals surface area contributed by atoms with Crippen molar-refractivity contribution in [1.29, 1.82) is 0 Å². The number of benzene rings is 2. The van der Waals surface area contributed by atoms with Gasteiger partial charge in [-0.3, -0.25) is 9.59 Å². The molecule has 2 aromatic rings. The Morgan fingerprint density at radius 3 is 2.07 bits per heavy atom. The van der Waals surface area contributed by atoms with Gasteiger partial charge < -0.3 is 20.3 Å². The average Bonchev–Trinajstić information content (AvgIpc) is 2.95. The summed E-state index contributed by atoms with van der Waals surface area (Å²) in [5.41, 5.74) is 2.95. The van der Waals surface area contributed by atoms with Crippen molar-refractivity contribution < 1.29 is 19.1 Å². The summed E-state index contributed by atoms with van der Waals surface area (Å²) >= 11 is 0. The van der Waals surface area contributed by atoms with Gasteiger partial charge in [-0.2, -0.15) is 0 Å². The fourth-order valence-electron chi connectivity index (χ4n) is 6.17. The second-order valence-electron chi connectivity index (χ2n) is 14.0. The highest BCUT2D eigenvalue weighted by Crippen LogP contribution is 2.33. The lowest BCUT2D eigenvalue weighted by Gasteiger charge is -2.40. The first kappa shape index (κ1) is 35.1. The zero-order valence-corrected chi connectivity index (χ0v) is 28.2. The maximum atomic E-state index is 14.9. The molecule has 1 aliphatic carbocycles. The highest BCUT2D eigenvalue weighted by Gasteiger charge is 2.40. The van der Waals surface area contributed by atoms with Gasteiger partial charge in [-0.05, 0) is 95.4 Å². The van der Waals surface area contributed by atoms with Gasteiger partial charge >= 0.3 is 6.09 Å². The normalized spacial score (nSPS) is 16.1. The van der Waals surface area contributed by atoms with E-state index in [1.54, 1.807) is 25.7 Å². The first-order chi connectivity index (χ1) is 20.8. The van der Waals surface area contributed by atoms with Crippen molar-refractivity contribution in [2.45, 2.75) is 137 Å². The Kier molecular flexibility index (Phi) is 12.9. The molecule has 1 saturated carbocycles. The van der Waals surface area contributed by atoms with Crippen LogP contribution in [-0.2, 0) is 20.7 Å². The Labute approximate surface area is 265 Å². The largest absolute Gasteiger partial charge is 0.444 e. The number of hydrogen-bond acceptors (Lipinski definition) is 4. The summed E-state index contributed by atoms with van der Waals surface area (Å²) in [5.74, 6) is -0.0127. The van der Waals surface area contributed by atoms with E-state index in [0.29, 0.717) is 5.92 Å². The molecular weight excluding hydrogens is 550 g/mol. The molecule has 44 heavy (non-hydrogen) atoms. The molecular formula is C37H55N3O4. The predicted molar refractivity (Wildman–Crippen MR) is 177 cm³/mol. The summed E-state index contributed by atoms with van der Waals surface area (Å²) in [6.07, 6.45) is 6.49. The summed E-state index contributed by atoms with van der Waals surface area (Å²) in [6.45, 7) is 15.8. The fraction of sp³-hybridized carbons (Fsp3) is 0.595. The van der Waals surface area contributed by atoms with Crippen LogP contribution < -0.4 is 10.6 Å². The van der Waals surface area contributed by atoms with Crippen molar-refractivity contribution in [2.24, 2.45) is 5.92 Å². The molecule has 2 N–H and O–H groups in total. The Balaban J connectivity index is 2.13. The van der Waals surface area contributed by atoms with Crippen LogP contribution >= 0.6 is 0 Å². The van der Waals surface area contributed by atoms with Crippen molar-refractivity contribution >= 4 is 17.9 Å². The number of carbonyl (C=O) groups is 3. The first-order valence-electron chi connectivity index (χ1n) is 16.5. The van der Waals surface area contributed by atoms with Gasteiger partial charge in [0, 0.05) is 18.5 Å². The van der Waals surface area contributed by atoms with E-state index in [2.05, 4.69) is 24.5 Å². The van der Waals surface area contributed by atoms with Gasteiger partial charge in [-0.15, -0.1) is 0 Å². The van der Waals surface area contributed by atoms with Crippen LogP contribution in [0.4, 0.5) is 4.79 Å². The number of ether oxygens (including phenoxy) is 1. The molecule has 7 nitrogen and oxygen atoms in total.